The van der Waals surface area contributed by atoms with Gasteiger partial charge in [0.2, 0.25) is 5.89 Å². The Morgan fingerprint density at radius 1 is 1.27 bits per heavy atom. The number of nitrogens with one attached hydrogen (secondary N) is 2. The topological polar surface area (TPSA) is 89.3 Å². The highest BCUT2D eigenvalue weighted by molar-refractivity contribution is 5.91. The molecule has 0 saturated heterocycles. The number of hydrogen-bond donors (Lipinski definition) is 2. The average Bonchev–Trinajstić information content (AvgIpc) is 2.87. The van der Waals surface area contributed by atoms with Gasteiger partial charge >= 0.3 is 6.03 Å². The van der Waals surface area contributed by atoms with Crippen molar-refractivity contribution in [1.82, 2.24) is 15.5 Å². The summed E-state index contributed by atoms with van der Waals surface area (Å²) in [6.07, 6.45) is 0.0197. The number of carbonyl (C=O) groups is 1. The van der Waals surface area contributed by atoms with Crippen LogP contribution in [0.2, 0.25) is 0 Å². The summed E-state index contributed by atoms with van der Waals surface area (Å²) in [6.45, 7) is 7.34. The first-order chi connectivity index (χ1) is 10.5. The molecule has 1 aromatic heterocycles. The molecule has 1 aromatic carbocycles. The molecule has 2 amide bonds. The number of nitrogens with zero attached hydrogens (tertiary/aromatic N) is 2. The third kappa shape index (κ3) is 4.21. The number of urea groups is 1. The summed E-state index contributed by atoms with van der Waals surface area (Å²) in [5, 5.41) is 9.19. The van der Waals surface area contributed by atoms with Crippen molar-refractivity contribution in [1.29, 1.82) is 0 Å². The van der Waals surface area contributed by atoms with Gasteiger partial charge in [0.15, 0.2) is 5.82 Å². The Bertz CT molecular complexity index is 639. The van der Waals surface area contributed by atoms with Crippen LogP contribution in [-0.4, -0.2) is 22.3 Å². The molecule has 0 radical (unpaired) electrons. The number of benzene rings is 1. The number of aromatic nitrogens is 2. The molecule has 0 aliphatic heterocycles. The maximum Gasteiger partial charge on any atom is 0.319 e. The first kappa shape index (κ1) is 15.8. The van der Waals surface area contributed by atoms with Gasteiger partial charge in [-0.2, -0.15) is 4.98 Å². The third-order valence-corrected chi connectivity index (χ3v) is 2.76. The van der Waals surface area contributed by atoms with Gasteiger partial charge in [-0.25, -0.2) is 4.79 Å². The molecule has 7 nitrogen and oxygen atoms in total. The summed E-state index contributed by atoms with van der Waals surface area (Å²) in [6, 6.07) is 6.50. The molecule has 2 N–H and O–H groups in total. The van der Waals surface area contributed by atoms with Gasteiger partial charge in [-0.05, 0) is 39.8 Å². The smallest absolute Gasteiger partial charge is 0.319 e. The molecule has 0 spiro atoms. The number of rotatable bonds is 5. The van der Waals surface area contributed by atoms with Gasteiger partial charge in [0, 0.05) is 0 Å². The fourth-order valence-electron chi connectivity index (χ4n) is 1.83. The number of hydrogen-bond acceptors (Lipinski definition) is 5. The Morgan fingerprint density at radius 3 is 2.64 bits per heavy atom. The summed E-state index contributed by atoms with van der Waals surface area (Å²) in [5.74, 6) is 1.51. The SMILES string of the molecule is Cc1noc([C@@H](C)NC(=O)Nc2ccccc2OC(C)C)n1. The predicted octanol–water partition coefficient (Wildman–Crippen LogP) is 3.05. The van der Waals surface area contributed by atoms with E-state index in [9.17, 15) is 4.79 Å². The second kappa shape index (κ2) is 6.93. The van der Waals surface area contributed by atoms with Crippen LogP contribution >= 0.6 is 0 Å². The molecule has 7 heteroatoms. The van der Waals surface area contributed by atoms with Crippen molar-refractivity contribution < 1.29 is 14.1 Å². The van der Waals surface area contributed by atoms with E-state index >= 15 is 0 Å². The summed E-state index contributed by atoms with van der Waals surface area (Å²) in [7, 11) is 0. The van der Waals surface area contributed by atoms with Gasteiger partial charge in [-0.3, -0.25) is 0 Å². The summed E-state index contributed by atoms with van der Waals surface area (Å²) in [5.41, 5.74) is 0.600. The van der Waals surface area contributed by atoms with Gasteiger partial charge in [0.1, 0.15) is 11.8 Å². The predicted molar refractivity (Wildman–Crippen MR) is 81.8 cm³/mol. The van der Waals surface area contributed by atoms with E-state index in [1.54, 1.807) is 26.0 Å². The molecule has 0 aliphatic carbocycles. The van der Waals surface area contributed by atoms with Crippen LogP contribution in [0.3, 0.4) is 0 Å². The van der Waals surface area contributed by atoms with E-state index in [1.807, 2.05) is 26.0 Å². The van der Waals surface area contributed by atoms with Crippen LogP contribution < -0.4 is 15.4 Å². The minimum absolute atomic E-state index is 0.0197. The molecule has 0 bridgehead atoms. The molecule has 1 heterocycles. The summed E-state index contributed by atoms with van der Waals surface area (Å²) >= 11 is 0. The standard InChI is InChI=1S/C15H20N4O3/c1-9(2)21-13-8-6-5-7-12(13)18-15(20)16-10(3)14-17-11(4)19-22-14/h5-10H,1-4H3,(H2,16,18,20)/t10-/m1/s1. The van der Waals surface area contributed by atoms with Crippen molar-refractivity contribution >= 4 is 11.7 Å². The highest BCUT2D eigenvalue weighted by Crippen LogP contribution is 2.24. The quantitative estimate of drug-likeness (QED) is 0.886. The first-order valence-electron chi connectivity index (χ1n) is 7.09. The largest absolute Gasteiger partial charge is 0.489 e. The molecular weight excluding hydrogens is 284 g/mol. The van der Waals surface area contributed by atoms with E-state index in [4.69, 9.17) is 9.26 Å². The second-order valence-corrected chi connectivity index (χ2v) is 5.16. The molecule has 22 heavy (non-hydrogen) atoms. The van der Waals surface area contributed by atoms with Crippen LogP contribution in [0.4, 0.5) is 10.5 Å². The Labute approximate surface area is 129 Å². The lowest BCUT2D eigenvalue weighted by Crippen LogP contribution is -2.31. The maximum absolute atomic E-state index is 12.1. The molecule has 0 fully saturated rings. The van der Waals surface area contributed by atoms with E-state index in [0.717, 1.165) is 0 Å². The Kier molecular flexibility index (Phi) is 4.98. The van der Waals surface area contributed by atoms with Crippen molar-refractivity contribution in [3.05, 3.63) is 36.0 Å². The summed E-state index contributed by atoms with van der Waals surface area (Å²) in [4.78, 5) is 16.2. The van der Waals surface area contributed by atoms with Crippen LogP contribution in [0.5, 0.6) is 5.75 Å². The fraction of sp³-hybridized carbons (Fsp3) is 0.400. The van der Waals surface area contributed by atoms with Gasteiger partial charge in [-0.15, -0.1) is 0 Å². The zero-order valence-corrected chi connectivity index (χ0v) is 13.1. The highest BCUT2D eigenvalue weighted by atomic mass is 16.5. The number of anilines is 1. The Morgan fingerprint density at radius 2 is 2.00 bits per heavy atom. The minimum Gasteiger partial charge on any atom is -0.489 e. The number of para-hydroxylation sites is 2. The van der Waals surface area contributed by atoms with Crippen LogP contribution in [0.25, 0.3) is 0 Å². The lowest BCUT2D eigenvalue weighted by Gasteiger charge is -2.16. The second-order valence-electron chi connectivity index (χ2n) is 5.16. The Balaban J connectivity index is 2.00. The third-order valence-electron chi connectivity index (χ3n) is 2.76. The van der Waals surface area contributed by atoms with Gasteiger partial charge < -0.3 is 19.9 Å². The molecule has 1 atom stereocenters. The number of carbonyl (C=O) groups excluding carboxylic acids is 1. The summed E-state index contributed by atoms with van der Waals surface area (Å²) < 4.78 is 10.7. The number of amides is 2. The molecule has 0 aliphatic rings. The number of ether oxygens (including phenoxy) is 1. The molecule has 0 unspecified atom stereocenters. The van der Waals surface area contributed by atoms with Crippen molar-refractivity contribution in [2.24, 2.45) is 0 Å². The normalized spacial score (nSPS) is 12.0. The van der Waals surface area contributed by atoms with E-state index < -0.39 is 0 Å². The monoisotopic (exact) mass is 304 g/mol. The highest BCUT2D eigenvalue weighted by Gasteiger charge is 2.16. The molecule has 118 valence electrons. The van der Waals surface area contributed by atoms with Gasteiger partial charge in [0.05, 0.1) is 11.8 Å². The van der Waals surface area contributed by atoms with E-state index in [1.165, 1.54) is 0 Å². The molecular formula is C15H20N4O3. The van der Waals surface area contributed by atoms with Crippen molar-refractivity contribution in [3.63, 3.8) is 0 Å². The van der Waals surface area contributed by atoms with Crippen molar-refractivity contribution in [2.45, 2.75) is 39.8 Å². The lowest BCUT2D eigenvalue weighted by atomic mass is 10.3. The Hall–Kier alpha value is -2.57. The average molecular weight is 304 g/mol. The van der Waals surface area contributed by atoms with E-state index in [2.05, 4.69) is 20.8 Å². The van der Waals surface area contributed by atoms with Crippen LogP contribution in [0.1, 0.15) is 38.5 Å². The van der Waals surface area contributed by atoms with E-state index in [0.29, 0.717) is 23.2 Å². The number of aryl methyl sites for hydroxylation is 1. The first-order valence-corrected chi connectivity index (χ1v) is 7.09. The van der Waals surface area contributed by atoms with Gasteiger partial charge in [0.25, 0.3) is 0 Å². The lowest BCUT2D eigenvalue weighted by molar-refractivity contribution is 0.240. The van der Waals surface area contributed by atoms with Crippen LogP contribution in [0.15, 0.2) is 28.8 Å². The fourth-order valence-corrected chi connectivity index (χ4v) is 1.83. The van der Waals surface area contributed by atoms with Gasteiger partial charge in [-0.1, -0.05) is 17.3 Å². The van der Waals surface area contributed by atoms with Crippen molar-refractivity contribution in [2.75, 3.05) is 5.32 Å². The maximum atomic E-state index is 12.1. The van der Waals surface area contributed by atoms with E-state index in [-0.39, 0.29) is 18.2 Å². The zero-order chi connectivity index (χ0) is 16.1. The van der Waals surface area contributed by atoms with Crippen molar-refractivity contribution in [3.8, 4) is 5.75 Å². The van der Waals surface area contributed by atoms with Crippen LogP contribution in [-0.2, 0) is 0 Å². The van der Waals surface area contributed by atoms with Crippen LogP contribution in [0, 0.1) is 6.92 Å². The molecule has 0 saturated carbocycles. The zero-order valence-electron chi connectivity index (χ0n) is 13.1. The minimum atomic E-state index is -0.389. The molecule has 2 rings (SSSR count). The molecule has 2 aromatic rings.